The predicted octanol–water partition coefficient (Wildman–Crippen LogP) is -0.242. The topological polar surface area (TPSA) is 35.6 Å². The fourth-order valence-electron chi connectivity index (χ4n) is 1.84. The summed E-state index contributed by atoms with van der Waals surface area (Å²) < 4.78 is 0. The molecule has 1 amide bonds. The van der Waals surface area contributed by atoms with Crippen molar-refractivity contribution in [2.24, 2.45) is 5.92 Å². The van der Waals surface area contributed by atoms with Gasteiger partial charge in [-0.3, -0.25) is 9.69 Å². The molecule has 1 aliphatic carbocycles. The Labute approximate surface area is 91.6 Å². The van der Waals surface area contributed by atoms with Gasteiger partial charge in [0, 0.05) is 32.7 Å². The van der Waals surface area contributed by atoms with E-state index < -0.39 is 0 Å². The zero-order valence-electron chi connectivity index (χ0n) is 9.70. The molecular weight excluding hydrogens is 190 g/mol. The Morgan fingerprint density at radius 3 is 2.47 bits per heavy atom. The van der Waals surface area contributed by atoms with Crippen LogP contribution in [0.25, 0.3) is 0 Å². The molecule has 2 fully saturated rings. The van der Waals surface area contributed by atoms with Crippen LogP contribution in [0.5, 0.6) is 0 Å². The van der Waals surface area contributed by atoms with E-state index in [9.17, 15) is 4.79 Å². The van der Waals surface area contributed by atoms with Gasteiger partial charge in [0.05, 0.1) is 6.54 Å². The van der Waals surface area contributed by atoms with Gasteiger partial charge in [0.25, 0.3) is 0 Å². The lowest BCUT2D eigenvalue weighted by Gasteiger charge is -2.35. The fraction of sp³-hybridized carbons (Fsp3) is 0.909. The van der Waals surface area contributed by atoms with Crippen molar-refractivity contribution >= 4 is 5.91 Å². The Morgan fingerprint density at radius 1 is 1.33 bits per heavy atom. The Morgan fingerprint density at radius 2 is 2.00 bits per heavy atom. The van der Waals surface area contributed by atoms with E-state index in [4.69, 9.17) is 0 Å². The average molecular weight is 211 g/mol. The summed E-state index contributed by atoms with van der Waals surface area (Å²) in [5.41, 5.74) is 0. The molecule has 0 spiro atoms. The molecule has 0 atom stereocenters. The van der Waals surface area contributed by atoms with Gasteiger partial charge in [0.2, 0.25) is 5.91 Å². The van der Waals surface area contributed by atoms with Crippen molar-refractivity contribution in [3.63, 3.8) is 0 Å². The third kappa shape index (κ3) is 2.92. The van der Waals surface area contributed by atoms with Crippen LogP contribution in [0.3, 0.4) is 0 Å². The maximum Gasteiger partial charge on any atom is 0.236 e. The van der Waals surface area contributed by atoms with E-state index in [1.165, 1.54) is 12.8 Å². The molecule has 0 aromatic rings. The molecule has 1 heterocycles. The molecule has 1 saturated heterocycles. The zero-order chi connectivity index (χ0) is 10.8. The van der Waals surface area contributed by atoms with Crippen molar-refractivity contribution in [1.82, 2.24) is 15.1 Å². The molecule has 86 valence electrons. The van der Waals surface area contributed by atoms with Gasteiger partial charge in [-0.2, -0.15) is 0 Å². The highest BCUT2D eigenvalue weighted by atomic mass is 16.2. The van der Waals surface area contributed by atoms with Crippen LogP contribution in [-0.4, -0.2) is 62.0 Å². The summed E-state index contributed by atoms with van der Waals surface area (Å²) in [5.74, 6) is 1.05. The number of hydrogen-bond acceptors (Lipinski definition) is 3. The lowest BCUT2D eigenvalue weighted by Crippen LogP contribution is -2.57. The zero-order valence-corrected chi connectivity index (χ0v) is 9.70. The van der Waals surface area contributed by atoms with Crippen LogP contribution in [-0.2, 0) is 4.79 Å². The molecular formula is C11H21N3O. The van der Waals surface area contributed by atoms with Crippen LogP contribution >= 0.6 is 0 Å². The second-order valence-electron chi connectivity index (χ2n) is 4.94. The maximum absolute atomic E-state index is 11.8. The Bertz CT molecular complexity index is 236. The minimum Gasteiger partial charge on any atom is -0.344 e. The minimum atomic E-state index is 0.260. The third-order valence-corrected chi connectivity index (χ3v) is 3.42. The SMILES string of the molecule is CN(CC1CC1)C(=O)CN(C)C1CNC1. The molecule has 1 aliphatic heterocycles. The Balaban J connectivity index is 1.69. The highest BCUT2D eigenvalue weighted by molar-refractivity contribution is 5.78. The summed E-state index contributed by atoms with van der Waals surface area (Å²) in [6, 6.07) is 0.559. The first-order chi connectivity index (χ1) is 7.16. The van der Waals surface area contributed by atoms with E-state index in [-0.39, 0.29) is 5.91 Å². The van der Waals surface area contributed by atoms with Crippen molar-refractivity contribution < 1.29 is 4.79 Å². The molecule has 0 bridgehead atoms. The van der Waals surface area contributed by atoms with Crippen molar-refractivity contribution in [3.05, 3.63) is 0 Å². The second kappa shape index (κ2) is 4.49. The van der Waals surface area contributed by atoms with Crippen LogP contribution in [0, 0.1) is 5.92 Å². The average Bonchev–Trinajstić information content (AvgIpc) is 2.84. The first-order valence-corrected chi connectivity index (χ1v) is 5.81. The maximum atomic E-state index is 11.8. The minimum absolute atomic E-state index is 0.260. The van der Waals surface area contributed by atoms with E-state index in [0.29, 0.717) is 12.6 Å². The van der Waals surface area contributed by atoms with Gasteiger partial charge in [-0.1, -0.05) is 0 Å². The quantitative estimate of drug-likeness (QED) is 0.681. The van der Waals surface area contributed by atoms with Gasteiger partial charge in [-0.15, -0.1) is 0 Å². The normalized spacial score (nSPS) is 21.5. The molecule has 0 aromatic carbocycles. The van der Waals surface area contributed by atoms with Crippen LogP contribution in [0.1, 0.15) is 12.8 Å². The molecule has 4 heteroatoms. The lowest BCUT2D eigenvalue weighted by atomic mass is 10.1. The van der Waals surface area contributed by atoms with Gasteiger partial charge in [0.1, 0.15) is 0 Å². The molecule has 15 heavy (non-hydrogen) atoms. The molecule has 0 radical (unpaired) electrons. The van der Waals surface area contributed by atoms with Crippen LogP contribution < -0.4 is 5.32 Å². The number of rotatable bonds is 5. The summed E-state index contributed by atoms with van der Waals surface area (Å²) >= 11 is 0. The largest absolute Gasteiger partial charge is 0.344 e. The summed E-state index contributed by atoms with van der Waals surface area (Å²) in [6.07, 6.45) is 2.61. The smallest absolute Gasteiger partial charge is 0.236 e. The van der Waals surface area contributed by atoms with Gasteiger partial charge in [0.15, 0.2) is 0 Å². The van der Waals surface area contributed by atoms with E-state index >= 15 is 0 Å². The van der Waals surface area contributed by atoms with E-state index in [1.807, 2.05) is 19.0 Å². The number of carbonyl (C=O) groups excluding carboxylic acids is 1. The van der Waals surface area contributed by atoms with Crippen LogP contribution in [0.15, 0.2) is 0 Å². The van der Waals surface area contributed by atoms with E-state index in [0.717, 1.165) is 25.6 Å². The number of amides is 1. The summed E-state index contributed by atoms with van der Waals surface area (Å²) in [4.78, 5) is 15.9. The monoisotopic (exact) mass is 211 g/mol. The molecule has 4 nitrogen and oxygen atoms in total. The molecule has 2 aliphatic rings. The van der Waals surface area contributed by atoms with Crippen LogP contribution in [0.4, 0.5) is 0 Å². The molecule has 1 N–H and O–H groups in total. The molecule has 0 aromatic heterocycles. The van der Waals surface area contributed by atoms with Gasteiger partial charge >= 0.3 is 0 Å². The van der Waals surface area contributed by atoms with Crippen molar-refractivity contribution in [2.45, 2.75) is 18.9 Å². The van der Waals surface area contributed by atoms with Crippen molar-refractivity contribution in [2.75, 3.05) is 40.3 Å². The molecule has 1 saturated carbocycles. The number of likely N-dealkylation sites (N-methyl/N-ethyl adjacent to an activating group) is 2. The van der Waals surface area contributed by atoms with Gasteiger partial charge in [-0.25, -0.2) is 0 Å². The van der Waals surface area contributed by atoms with Gasteiger partial charge in [-0.05, 0) is 25.8 Å². The predicted molar refractivity (Wildman–Crippen MR) is 59.6 cm³/mol. The number of carbonyl (C=O) groups is 1. The summed E-state index contributed by atoms with van der Waals surface area (Å²) in [5, 5.41) is 3.22. The highest BCUT2D eigenvalue weighted by Gasteiger charge is 2.27. The standard InChI is InChI=1S/C11H21N3O/c1-13(10-5-12-6-10)8-11(15)14(2)7-9-3-4-9/h9-10,12H,3-8H2,1-2H3. The summed E-state index contributed by atoms with van der Waals surface area (Å²) in [7, 11) is 3.96. The molecule has 0 unspecified atom stereocenters. The van der Waals surface area contributed by atoms with E-state index in [1.54, 1.807) is 0 Å². The summed E-state index contributed by atoms with van der Waals surface area (Å²) in [6.45, 7) is 3.57. The number of nitrogens with zero attached hydrogens (tertiary/aromatic N) is 2. The van der Waals surface area contributed by atoms with Crippen LogP contribution in [0.2, 0.25) is 0 Å². The van der Waals surface area contributed by atoms with Gasteiger partial charge < -0.3 is 10.2 Å². The third-order valence-electron chi connectivity index (χ3n) is 3.42. The van der Waals surface area contributed by atoms with Crippen molar-refractivity contribution in [1.29, 1.82) is 0 Å². The van der Waals surface area contributed by atoms with Crippen molar-refractivity contribution in [3.8, 4) is 0 Å². The fourth-order valence-corrected chi connectivity index (χ4v) is 1.84. The van der Waals surface area contributed by atoms with E-state index in [2.05, 4.69) is 10.2 Å². The molecule has 2 rings (SSSR count). The first kappa shape index (κ1) is 10.9. The number of nitrogens with one attached hydrogen (secondary N) is 1. The number of hydrogen-bond donors (Lipinski definition) is 1. The second-order valence-corrected chi connectivity index (χ2v) is 4.94. The first-order valence-electron chi connectivity index (χ1n) is 5.81. The Hall–Kier alpha value is -0.610. The Kier molecular flexibility index (Phi) is 3.26. The lowest BCUT2D eigenvalue weighted by molar-refractivity contribution is -0.131. The highest BCUT2D eigenvalue weighted by Crippen LogP contribution is 2.29.